The van der Waals surface area contributed by atoms with E-state index in [4.69, 9.17) is 0 Å². The van der Waals surface area contributed by atoms with E-state index in [1.54, 1.807) is 0 Å². The van der Waals surface area contributed by atoms with Gasteiger partial charge in [-0.2, -0.15) is 0 Å². The third-order valence-corrected chi connectivity index (χ3v) is 3.12. The Hall–Kier alpha value is -0.610. The van der Waals surface area contributed by atoms with E-state index in [2.05, 4.69) is 43.4 Å². The molecule has 0 rings (SSSR count). The Bertz CT molecular complexity index is 197. The minimum Gasteiger partial charge on any atom is -0.355 e. The Morgan fingerprint density at radius 2 is 2.00 bits per heavy atom. The van der Waals surface area contributed by atoms with Crippen LogP contribution in [0.25, 0.3) is 0 Å². The van der Waals surface area contributed by atoms with Crippen molar-refractivity contribution >= 4 is 5.91 Å². The average Bonchev–Trinajstić information content (AvgIpc) is 2.33. The fourth-order valence-corrected chi connectivity index (χ4v) is 1.46. The molecule has 2 N–H and O–H groups in total. The summed E-state index contributed by atoms with van der Waals surface area (Å²) in [5.41, 5.74) is 0. The van der Waals surface area contributed by atoms with Gasteiger partial charge in [-0.05, 0) is 26.8 Å². The summed E-state index contributed by atoms with van der Waals surface area (Å²) in [5.74, 6) is 0.102. The van der Waals surface area contributed by atoms with Crippen LogP contribution >= 0.6 is 0 Å². The van der Waals surface area contributed by atoms with Gasteiger partial charge in [0, 0.05) is 25.7 Å². The second-order valence-electron chi connectivity index (χ2n) is 4.62. The summed E-state index contributed by atoms with van der Waals surface area (Å²) in [6.07, 6.45) is 3.34. The lowest BCUT2D eigenvalue weighted by Crippen LogP contribution is -2.39. The maximum absolute atomic E-state index is 11.4. The number of nitrogens with one attached hydrogen (secondary N) is 2. The predicted octanol–water partition coefficient (Wildman–Crippen LogP) is 1.22. The van der Waals surface area contributed by atoms with E-state index in [1.807, 2.05) is 0 Å². The van der Waals surface area contributed by atoms with Crippen molar-refractivity contribution in [3.05, 3.63) is 0 Å². The fourth-order valence-electron chi connectivity index (χ4n) is 1.46. The minimum absolute atomic E-state index is 0.102. The van der Waals surface area contributed by atoms with Crippen molar-refractivity contribution in [1.29, 1.82) is 0 Å². The van der Waals surface area contributed by atoms with Crippen LogP contribution in [0.3, 0.4) is 0 Å². The standard InChI is InChI=1S/C13H29N3O/c1-5-7-8-15-13(17)11-14-9-10-16(4)12(3)6-2/h12,14H,5-11H2,1-4H3,(H,15,17). The minimum atomic E-state index is 0.102. The van der Waals surface area contributed by atoms with Gasteiger partial charge in [0.05, 0.1) is 6.54 Å². The van der Waals surface area contributed by atoms with E-state index in [1.165, 1.54) is 0 Å². The van der Waals surface area contributed by atoms with E-state index >= 15 is 0 Å². The van der Waals surface area contributed by atoms with Crippen molar-refractivity contribution < 1.29 is 4.79 Å². The second-order valence-corrected chi connectivity index (χ2v) is 4.62. The molecule has 0 bridgehead atoms. The lowest BCUT2D eigenvalue weighted by atomic mass is 10.2. The molecule has 1 amide bonds. The molecular formula is C13H29N3O. The number of likely N-dealkylation sites (N-methyl/N-ethyl adjacent to an activating group) is 1. The van der Waals surface area contributed by atoms with E-state index in [9.17, 15) is 4.79 Å². The van der Waals surface area contributed by atoms with Crippen LogP contribution in [0.5, 0.6) is 0 Å². The first-order valence-electron chi connectivity index (χ1n) is 6.79. The van der Waals surface area contributed by atoms with E-state index in [-0.39, 0.29) is 5.91 Å². The highest BCUT2D eigenvalue weighted by Gasteiger charge is 2.05. The third-order valence-electron chi connectivity index (χ3n) is 3.12. The first kappa shape index (κ1) is 16.4. The predicted molar refractivity (Wildman–Crippen MR) is 73.2 cm³/mol. The summed E-state index contributed by atoms with van der Waals surface area (Å²) >= 11 is 0. The van der Waals surface area contributed by atoms with Gasteiger partial charge in [0.1, 0.15) is 0 Å². The van der Waals surface area contributed by atoms with Gasteiger partial charge in [-0.25, -0.2) is 0 Å². The zero-order valence-corrected chi connectivity index (χ0v) is 11.9. The molecule has 0 aromatic carbocycles. The van der Waals surface area contributed by atoms with Crippen molar-refractivity contribution in [3.63, 3.8) is 0 Å². The number of unbranched alkanes of at least 4 members (excludes halogenated alkanes) is 1. The normalized spacial score (nSPS) is 12.8. The maximum Gasteiger partial charge on any atom is 0.233 e. The Morgan fingerprint density at radius 3 is 2.59 bits per heavy atom. The highest BCUT2D eigenvalue weighted by atomic mass is 16.1. The highest BCUT2D eigenvalue weighted by Crippen LogP contribution is 1.97. The van der Waals surface area contributed by atoms with Crippen LogP contribution < -0.4 is 10.6 Å². The van der Waals surface area contributed by atoms with Crippen molar-refractivity contribution in [2.24, 2.45) is 0 Å². The smallest absolute Gasteiger partial charge is 0.233 e. The monoisotopic (exact) mass is 243 g/mol. The van der Waals surface area contributed by atoms with Gasteiger partial charge >= 0.3 is 0 Å². The molecule has 102 valence electrons. The molecule has 4 nitrogen and oxygen atoms in total. The van der Waals surface area contributed by atoms with Crippen LogP contribution in [0.15, 0.2) is 0 Å². The Kier molecular flexibility index (Phi) is 10.2. The number of hydrogen-bond acceptors (Lipinski definition) is 3. The molecule has 1 unspecified atom stereocenters. The summed E-state index contributed by atoms with van der Waals surface area (Å²) in [6.45, 7) is 9.60. The van der Waals surface area contributed by atoms with E-state index < -0.39 is 0 Å². The maximum atomic E-state index is 11.4. The molecule has 0 saturated carbocycles. The molecule has 0 fully saturated rings. The Morgan fingerprint density at radius 1 is 1.29 bits per heavy atom. The van der Waals surface area contributed by atoms with Crippen LogP contribution in [0.4, 0.5) is 0 Å². The molecule has 17 heavy (non-hydrogen) atoms. The zero-order valence-electron chi connectivity index (χ0n) is 11.9. The van der Waals surface area contributed by atoms with Crippen LogP contribution in [-0.4, -0.2) is 50.1 Å². The van der Waals surface area contributed by atoms with E-state index in [0.717, 1.165) is 38.9 Å². The summed E-state index contributed by atoms with van der Waals surface area (Å²) in [7, 11) is 2.12. The number of hydrogen-bond donors (Lipinski definition) is 2. The molecule has 0 aliphatic rings. The van der Waals surface area contributed by atoms with Gasteiger partial charge in [0.25, 0.3) is 0 Å². The Balaban J connectivity index is 3.41. The molecule has 0 saturated heterocycles. The van der Waals surface area contributed by atoms with Crippen molar-refractivity contribution in [1.82, 2.24) is 15.5 Å². The van der Waals surface area contributed by atoms with Crippen molar-refractivity contribution in [3.8, 4) is 0 Å². The molecule has 0 aliphatic heterocycles. The van der Waals surface area contributed by atoms with Crippen LogP contribution in [0.1, 0.15) is 40.0 Å². The lowest BCUT2D eigenvalue weighted by Gasteiger charge is -2.23. The van der Waals surface area contributed by atoms with Crippen molar-refractivity contribution in [2.75, 3.05) is 33.2 Å². The molecule has 0 spiro atoms. The molecule has 0 aromatic rings. The number of nitrogens with zero attached hydrogens (tertiary/aromatic N) is 1. The number of carbonyl (C=O) groups excluding carboxylic acids is 1. The Labute approximate surface area is 106 Å². The number of rotatable bonds is 10. The van der Waals surface area contributed by atoms with Gasteiger partial charge in [0.15, 0.2) is 0 Å². The van der Waals surface area contributed by atoms with Gasteiger partial charge in [-0.3, -0.25) is 4.79 Å². The molecule has 4 heteroatoms. The third kappa shape index (κ3) is 9.12. The van der Waals surface area contributed by atoms with E-state index in [0.29, 0.717) is 12.6 Å². The largest absolute Gasteiger partial charge is 0.355 e. The fraction of sp³-hybridized carbons (Fsp3) is 0.923. The molecule has 0 radical (unpaired) electrons. The number of amides is 1. The molecule has 0 aromatic heterocycles. The first-order valence-corrected chi connectivity index (χ1v) is 6.79. The van der Waals surface area contributed by atoms with Crippen LogP contribution in [0.2, 0.25) is 0 Å². The molecule has 1 atom stereocenters. The topological polar surface area (TPSA) is 44.4 Å². The summed E-state index contributed by atoms with van der Waals surface area (Å²) in [4.78, 5) is 13.7. The molecule has 0 aliphatic carbocycles. The highest BCUT2D eigenvalue weighted by molar-refractivity contribution is 5.77. The van der Waals surface area contributed by atoms with Crippen molar-refractivity contribution in [2.45, 2.75) is 46.1 Å². The van der Waals surface area contributed by atoms with Crippen LogP contribution in [-0.2, 0) is 4.79 Å². The number of carbonyl (C=O) groups is 1. The summed E-state index contributed by atoms with van der Waals surface area (Å²) < 4.78 is 0. The second kappa shape index (κ2) is 10.5. The van der Waals surface area contributed by atoms with Gasteiger partial charge in [0.2, 0.25) is 5.91 Å². The summed E-state index contributed by atoms with van der Waals surface area (Å²) in [5, 5.41) is 6.06. The lowest BCUT2D eigenvalue weighted by molar-refractivity contribution is -0.120. The van der Waals surface area contributed by atoms with Crippen LogP contribution in [0, 0.1) is 0 Å². The SMILES string of the molecule is CCCCNC(=O)CNCCN(C)C(C)CC. The first-order chi connectivity index (χ1) is 8.11. The van der Waals surface area contributed by atoms with Gasteiger partial charge in [-0.1, -0.05) is 20.3 Å². The van der Waals surface area contributed by atoms with Gasteiger partial charge < -0.3 is 15.5 Å². The zero-order chi connectivity index (χ0) is 13.1. The molecule has 0 heterocycles. The van der Waals surface area contributed by atoms with Gasteiger partial charge in [-0.15, -0.1) is 0 Å². The summed E-state index contributed by atoms with van der Waals surface area (Å²) in [6, 6.07) is 0.607. The average molecular weight is 243 g/mol. The molecular weight excluding hydrogens is 214 g/mol. The quantitative estimate of drug-likeness (QED) is 0.567.